The summed E-state index contributed by atoms with van der Waals surface area (Å²) in [5.74, 6) is 1.48. The molecule has 2 nitrogen and oxygen atoms in total. The van der Waals surface area contributed by atoms with Crippen molar-refractivity contribution in [3.05, 3.63) is 93.7 Å². The number of aryl methyl sites for hydroxylation is 4. The summed E-state index contributed by atoms with van der Waals surface area (Å²) >= 11 is 0. The molecule has 2 aliphatic rings. The molecule has 156 valence electrons. The summed E-state index contributed by atoms with van der Waals surface area (Å²) in [6, 6.07) is 14.3. The molecule has 4 rings (SSSR count). The highest BCUT2D eigenvalue weighted by Gasteiger charge is 2.30. The number of hydrogen-bond acceptors (Lipinski definition) is 2. The number of benzene rings is 2. The Morgan fingerprint density at radius 1 is 0.867 bits per heavy atom. The van der Waals surface area contributed by atoms with Gasteiger partial charge in [0.25, 0.3) is 0 Å². The Morgan fingerprint density at radius 3 is 1.87 bits per heavy atom. The van der Waals surface area contributed by atoms with Crippen molar-refractivity contribution in [2.45, 2.75) is 47.6 Å². The van der Waals surface area contributed by atoms with Crippen LogP contribution in [0.15, 0.2) is 71.4 Å². The topological polar surface area (TPSA) is 21.3 Å². The molecule has 1 N–H and O–H groups in total. The van der Waals surface area contributed by atoms with Gasteiger partial charge in [-0.2, -0.15) is 0 Å². The summed E-state index contributed by atoms with van der Waals surface area (Å²) < 4.78 is 6.14. The number of ether oxygens (including phenoxy) is 1. The van der Waals surface area contributed by atoms with E-state index in [1.807, 2.05) is 0 Å². The Morgan fingerprint density at radius 2 is 1.40 bits per heavy atom. The fourth-order valence-electron chi connectivity index (χ4n) is 4.32. The molecule has 2 aromatic rings. The van der Waals surface area contributed by atoms with Gasteiger partial charge < -0.3 is 10.1 Å². The summed E-state index contributed by atoms with van der Waals surface area (Å²) in [5, 5.41) is 7.81. The molecule has 2 aromatic carbocycles. The molecule has 0 aromatic heterocycles. The summed E-state index contributed by atoms with van der Waals surface area (Å²) in [5.41, 5.74) is 6.48. The number of rotatable bonds is 4. The Hall–Kier alpha value is -2.31. The largest absolute Gasteiger partial charge is 0.477 e. The van der Waals surface area contributed by atoms with E-state index in [0.29, 0.717) is 12.0 Å². The Balaban J connectivity index is 1.84. The zero-order valence-electron chi connectivity index (χ0n) is 18.9. The van der Waals surface area contributed by atoms with Crippen LogP contribution >= 0.6 is 7.92 Å². The zero-order valence-corrected chi connectivity index (χ0v) is 19.8. The van der Waals surface area contributed by atoms with Crippen LogP contribution < -0.4 is 15.9 Å². The molecule has 0 saturated carbocycles. The zero-order chi connectivity index (χ0) is 21.4. The summed E-state index contributed by atoms with van der Waals surface area (Å²) in [6.07, 6.45) is 6.67. The predicted octanol–water partition coefficient (Wildman–Crippen LogP) is 5.66. The van der Waals surface area contributed by atoms with Crippen LogP contribution in [0.5, 0.6) is 0 Å². The van der Waals surface area contributed by atoms with E-state index in [-0.39, 0.29) is 0 Å². The van der Waals surface area contributed by atoms with E-state index in [1.165, 1.54) is 43.8 Å². The molecule has 1 heterocycles. The van der Waals surface area contributed by atoms with Crippen LogP contribution in [0.4, 0.5) is 0 Å². The molecule has 1 atom stereocenters. The third-order valence-corrected chi connectivity index (χ3v) is 8.16. The summed E-state index contributed by atoms with van der Waals surface area (Å²) in [4.78, 5) is 0. The van der Waals surface area contributed by atoms with E-state index in [9.17, 15) is 0 Å². The van der Waals surface area contributed by atoms with Gasteiger partial charge in [-0.1, -0.05) is 84.7 Å². The normalized spacial score (nSPS) is 20.7. The SMILES string of the molecule is Cc1cc(C)cc(P(C2=CC=CC2=C2NC(C(C)C)CO2)c2cc(C)cc(C)c2)c1. The van der Waals surface area contributed by atoms with Gasteiger partial charge in [-0.15, -0.1) is 0 Å². The molecular formula is C27H32NOP. The van der Waals surface area contributed by atoms with Gasteiger partial charge in [-0.3, -0.25) is 0 Å². The maximum atomic E-state index is 6.14. The van der Waals surface area contributed by atoms with E-state index in [0.717, 1.165) is 12.5 Å². The molecule has 0 amide bonds. The van der Waals surface area contributed by atoms with Crippen molar-refractivity contribution in [1.29, 1.82) is 0 Å². The van der Waals surface area contributed by atoms with Crippen molar-refractivity contribution < 1.29 is 4.74 Å². The molecule has 0 bridgehead atoms. The number of hydrogen-bond donors (Lipinski definition) is 1. The lowest BCUT2D eigenvalue weighted by molar-refractivity contribution is 0.242. The minimum Gasteiger partial charge on any atom is -0.477 e. The van der Waals surface area contributed by atoms with Gasteiger partial charge in [0, 0.05) is 5.57 Å². The first-order valence-corrected chi connectivity index (χ1v) is 12.1. The van der Waals surface area contributed by atoms with Gasteiger partial charge in [0.2, 0.25) is 0 Å². The lowest BCUT2D eigenvalue weighted by atomic mass is 10.1. The fraction of sp³-hybridized carbons (Fsp3) is 0.333. The Kier molecular flexibility index (Phi) is 5.89. The van der Waals surface area contributed by atoms with E-state index in [2.05, 4.69) is 101 Å². The third-order valence-electron chi connectivity index (χ3n) is 5.74. The fourth-order valence-corrected chi connectivity index (χ4v) is 7.16. The number of nitrogens with one attached hydrogen (secondary N) is 1. The van der Waals surface area contributed by atoms with E-state index >= 15 is 0 Å². The van der Waals surface area contributed by atoms with Crippen molar-refractivity contribution in [3.63, 3.8) is 0 Å². The van der Waals surface area contributed by atoms with Gasteiger partial charge in [0.1, 0.15) is 6.61 Å². The van der Waals surface area contributed by atoms with Gasteiger partial charge in [0.05, 0.1) is 6.04 Å². The standard InChI is InChI=1S/C27H32NOP/c1-17(2)25-16-29-27(28-25)24-8-7-9-26(24)30(22-12-18(3)10-19(4)13-22)23-14-20(5)11-21(6)15-23/h7-15,17,25,28H,16H2,1-6H3. The second-order valence-electron chi connectivity index (χ2n) is 8.99. The molecule has 1 unspecified atom stereocenters. The van der Waals surface area contributed by atoms with Crippen LogP contribution in [0.25, 0.3) is 0 Å². The van der Waals surface area contributed by atoms with Crippen LogP contribution in [0.1, 0.15) is 36.1 Å². The van der Waals surface area contributed by atoms with E-state index < -0.39 is 7.92 Å². The van der Waals surface area contributed by atoms with Crippen LogP contribution in [0, 0.1) is 33.6 Å². The summed E-state index contributed by atoms with van der Waals surface area (Å²) in [7, 11) is -0.681. The predicted molar refractivity (Wildman–Crippen MR) is 130 cm³/mol. The average molecular weight is 418 g/mol. The highest BCUT2D eigenvalue weighted by molar-refractivity contribution is 7.77. The second-order valence-corrected chi connectivity index (χ2v) is 11.2. The molecule has 0 radical (unpaired) electrons. The molecule has 3 heteroatoms. The molecular weight excluding hydrogens is 385 g/mol. The van der Waals surface area contributed by atoms with Gasteiger partial charge in [-0.05, 0) is 63.5 Å². The smallest absolute Gasteiger partial charge is 0.195 e. The minimum absolute atomic E-state index is 0.372. The summed E-state index contributed by atoms with van der Waals surface area (Å²) in [6.45, 7) is 14.0. The highest BCUT2D eigenvalue weighted by Crippen LogP contribution is 2.50. The van der Waals surface area contributed by atoms with Crippen molar-refractivity contribution in [2.75, 3.05) is 6.61 Å². The lowest BCUT2D eigenvalue weighted by Crippen LogP contribution is -2.28. The molecule has 1 fully saturated rings. The van der Waals surface area contributed by atoms with Crippen molar-refractivity contribution in [1.82, 2.24) is 5.32 Å². The number of allylic oxidation sites excluding steroid dienone is 5. The second kappa shape index (κ2) is 8.44. The van der Waals surface area contributed by atoms with Crippen LogP contribution in [-0.4, -0.2) is 12.6 Å². The van der Waals surface area contributed by atoms with Crippen molar-refractivity contribution in [3.8, 4) is 0 Å². The molecule has 0 spiro atoms. The molecule has 1 saturated heterocycles. The van der Waals surface area contributed by atoms with Crippen LogP contribution in [0.2, 0.25) is 0 Å². The first kappa shape index (κ1) is 20.9. The highest BCUT2D eigenvalue weighted by atomic mass is 31.1. The van der Waals surface area contributed by atoms with E-state index in [1.54, 1.807) is 0 Å². The van der Waals surface area contributed by atoms with E-state index in [4.69, 9.17) is 4.74 Å². The maximum absolute atomic E-state index is 6.14. The molecule has 1 aliphatic carbocycles. The molecule has 1 aliphatic heterocycles. The first-order valence-electron chi connectivity index (χ1n) is 10.8. The maximum Gasteiger partial charge on any atom is 0.195 e. The third kappa shape index (κ3) is 4.25. The van der Waals surface area contributed by atoms with Gasteiger partial charge in [-0.25, -0.2) is 0 Å². The monoisotopic (exact) mass is 417 g/mol. The van der Waals surface area contributed by atoms with Crippen LogP contribution in [0.3, 0.4) is 0 Å². The van der Waals surface area contributed by atoms with Crippen molar-refractivity contribution in [2.24, 2.45) is 5.92 Å². The van der Waals surface area contributed by atoms with Gasteiger partial charge in [0.15, 0.2) is 5.88 Å². The Bertz CT molecular complexity index is 969. The quantitative estimate of drug-likeness (QED) is 0.648. The minimum atomic E-state index is -0.681. The van der Waals surface area contributed by atoms with Crippen LogP contribution in [-0.2, 0) is 4.74 Å². The molecule has 30 heavy (non-hydrogen) atoms. The lowest BCUT2D eigenvalue weighted by Gasteiger charge is -2.24. The van der Waals surface area contributed by atoms with Gasteiger partial charge >= 0.3 is 0 Å². The van der Waals surface area contributed by atoms with Crippen molar-refractivity contribution >= 4 is 18.5 Å². The Labute approximate surface area is 182 Å². The first-order chi connectivity index (χ1) is 14.3. The average Bonchev–Trinajstić information content (AvgIpc) is 3.29.